The van der Waals surface area contributed by atoms with Crippen LogP contribution in [0.25, 0.3) is 0 Å². The first-order valence-electron chi connectivity index (χ1n) is 13.8. The van der Waals surface area contributed by atoms with Crippen LogP contribution in [0.2, 0.25) is 5.02 Å². The Kier molecular flexibility index (Phi) is 8.85. The predicted molar refractivity (Wildman–Crippen MR) is 165 cm³/mol. The van der Waals surface area contributed by atoms with Gasteiger partial charge in [-0.05, 0) is 78.1 Å². The lowest BCUT2D eigenvalue weighted by Gasteiger charge is -2.33. The third kappa shape index (κ3) is 6.85. The molecule has 0 spiro atoms. The van der Waals surface area contributed by atoms with Crippen molar-refractivity contribution in [1.82, 2.24) is 5.32 Å². The molecule has 0 saturated carbocycles. The molecule has 0 radical (unpaired) electrons. The van der Waals surface area contributed by atoms with Crippen LogP contribution in [0, 0.1) is 11.3 Å². The number of thiophene rings is 1. The van der Waals surface area contributed by atoms with E-state index in [0.717, 1.165) is 41.0 Å². The molecule has 1 atom stereocenters. The number of carbonyl (C=O) groups excluding carboxylic acids is 1. The van der Waals surface area contributed by atoms with Gasteiger partial charge in [0.15, 0.2) is 11.5 Å². The number of carbonyl (C=O) groups is 1. The summed E-state index contributed by atoms with van der Waals surface area (Å²) in [5, 5.41) is 4.41. The Morgan fingerprint density at radius 2 is 2.00 bits per heavy atom. The standard InChI is InChI=1S/C33H35ClN2O4S/c1-33(2,3)23-12-13-25-29(17-23)41-32(30(25)31(37)35-19-24-9-7-15-39-24)36-18-21-11-14-27(28(16-21)38-4)40-20-22-8-5-6-10-26(22)34/h5-11,14-16,18,23H,12-13,17,19-20H2,1-4H3,(H,35,37)/t23-/m1/s1. The Labute approximate surface area is 250 Å². The highest BCUT2D eigenvalue weighted by Crippen LogP contribution is 2.45. The lowest BCUT2D eigenvalue weighted by Crippen LogP contribution is -2.28. The van der Waals surface area contributed by atoms with Gasteiger partial charge in [-0.25, -0.2) is 4.99 Å². The van der Waals surface area contributed by atoms with Crippen molar-refractivity contribution in [2.45, 2.75) is 53.2 Å². The summed E-state index contributed by atoms with van der Waals surface area (Å²) in [7, 11) is 1.61. The van der Waals surface area contributed by atoms with Gasteiger partial charge in [0.2, 0.25) is 0 Å². The minimum Gasteiger partial charge on any atom is -0.493 e. The number of hydrogen-bond donors (Lipinski definition) is 1. The van der Waals surface area contributed by atoms with E-state index in [1.165, 1.54) is 4.88 Å². The van der Waals surface area contributed by atoms with Gasteiger partial charge in [0.1, 0.15) is 17.4 Å². The van der Waals surface area contributed by atoms with Crippen LogP contribution in [-0.4, -0.2) is 19.2 Å². The number of hydrogen-bond acceptors (Lipinski definition) is 6. The number of halogens is 1. The molecule has 6 nitrogen and oxygen atoms in total. The van der Waals surface area contributed by atoms with Crippen LogP contribution in [-0.2, 0) is 26.0 Å². The molecule has 1 aliphatic carbocycles. The molecule has 0 fully saturated rings. The van der Waals surface area contributed by atoms with Gasteiger partial charge in [-0.15, -0.1) is 11.3 Å². The molecule has 41 heavy (non-hydrogen) atoms. The van der Waals surface area contributed by atoms with Crippen molar-refractivity contribution in [3.05, 3.63) is 98.8 Å². The average molecular weight is 591 g/mol. The van der Waals surface area contributed by atoms with Crippen LogP contribution < -0.4 is 14.8 Å². The highest BCUT2D eigenvalue weighted by molar-refractivity contribution is 7.16. The van der Waals surface area contributed by atoms with Crippen LogP contribution in [0.4, 0.5) is 5.00 Å². The van der Waals surface area contributed by atoms with Crippen molar-refractivity contribution in [2.75, 3.05) is 7.11 Å². The molecule has 2 aromatic heterocycles. The van der Waals surface area contributed by atoms with Crippen molar-refractivity contribution in [3.63, 3.8) is 0 Å². The average Bonchev–Trinajstić information content (AvgIpc) is 3.61. The summed E-state index contributed by atoms with van der Waals surface area (Å²) in [5.74, 6) is 2.36. The Balaban J connectivity index is 1.39. The van der Waals surface area contributed by atoms with Crippen LogP contribution in [0.5, 0.6) is 11.5 Å². The maximum atomic E-state index is 13.5. The number of rotatable bonds is 9. The molecular formula is C33H35ClN2O4S. The van der Waals surface area contributed by atoms with E-state index in [9.17, 15) is 4.79 Å². The number of ether oxygens (including phenoxy) is 2. The quantitative estimate of drug-likeness (QED) is 0.199. The highest BCUT2D eigenvalue weighted by Gasteiger charge is 2.33. The lowest BCUT2D eigenvalue weighted by atomic mass is 9.72. The van der Waals surface area contributed by atoms with Crippen molar-refractivity contribution >= 4 is 40.1 Å². The summed E-state index contributed by atoms with van der Waals surface area (Å²) in [6.45, 7) is 7.54. The van der Waals surface area contributed by atoms with Crippen LogP contribution in [0.3, 0.4) is 0 Å². The fraction of sp³-hybridized carbons (Fsp3) is 0.333. The number of methoxy groups -OCH3 is 1. The van der Waals surface area contributed by atoms with Gasteiger partial charge in [-0.2, -0.15) is 0 Å². The van der Waals surface area contributed by atoms with Gasteiger partial charge in [-0.1, -0.05) is 50.6 Å². The van der Waals surface area contributed by atoms with Gasteiger partial charge in [0.05, 0.1) is 25.5 Å². The Hall–Kier alpha value is -3.55. The number of aliphatic imine (C=N–C) groups is 1. The number of fused-ring (bicyclic) bond motifs is 1. The first-order valence-corrected chi connectivity index (χ1v) is 15.0. The predicted octanol–water partition coefficient (Wildman–Crippen LogP) is 8.41. The maximum absolute atomic E-state index is 13.5. The van der Waals surface area contributed by atoms with Crippen molar-refractivity contribution in [2.24, 2.45) is 16.3 Å². The minimum absolute atomic E-state index is 0.124. The van der Waals surface area contributed by atoms with E-state index < -0.39 is 0 Å². The summed E-state index contributed by atoms with van der Waals surface area (Å²) in [5.41, 5.74) is 3.74. The molecule has 1 aliphatic rings. The fourth-order valence-electron chi connectivity index (χ4n) is 5.09. The molecule has 1 N–H and O–H groups in total. The molecule has 0 bridgehead atoms. The first-order chi connectivity index (χ1) is 19.7. The molecule has 4 aromatic rings. The minimum atomic E-state index is -0.124. The molecule has 5 rings (SSSR count). The Bertz CT molecular complexity index is 1540. The van der Waals surface area contributed by atoms with Crippen molar-refractivity contribution in [1.29, 1.82) is 0 Å². The molecule has 2 aromatic carbocycles. The van der Waals surface area contributed by atoms with Crippen molar-refractivity contribution in [3.8, 4) is 11.5 Å². The number of furan rings is 1. The second-order valence-corrected chi connectivity index (χ2v) is 12.8. The third-order valence-electron chi connectivity index (χ3n) is 7.56. The molecule has 0 saturated heterocycles. The van der Waals surface area contributed by atoms with Crippen LogP contribution in [0.15, 0.2) is 70.3 Å². The van der Waals surface area contributed by atoms with Gasteiger partial charge in [0.25, 0.3) is 5.91 Å². The normalized spacial score (nSPS) is 15.1. The van der Waals surface area contributed by atoms with Gasteiger partial charge >= 0.3 is 0 Å². The zero-order chi connectivity index (χ0) is 29.0. The number of nitrogens with one attached hydrogen (secondary N) is 1. The van der Waals surface area contributed by atoms with E-state index in [1.807, 2.05) is 54.6 Å². The Morgan fingerprint density at radius 1 is 1.17 bits per heavy atom. The van der Waals surface area contributed by atoms with Crippen LogP contribution >= 0.6 is 22.9 Å². The lowest BCUT2D eigenvalue weighted by molar-refractivity contribution is 0.0947. The van der Waals surface area contributed by atoms with E-state index in [-0.39, 0.29) is 11.3 Å². The molecule has 2 heterocycles. The van der Waals surface area contributed by atoms with E-state index >= 15 is 0 Å². The highest BCUT2D eigenvalue weighted by atomic mass is 35.5. The number of benzene rings is 2. The first kappa shape index (κ1) is 29.0. The summed E-state index contributed by atoms with van der Waals surface area (Å²) in [4.78, 5) is 19.6. The monoisotopic (exact) mass is 590 g/mol. The van der Waals surface area contributed by atoms with E-state index in [2.05, 4.69) is 26.1 Å². The molecule has 0 unspecified atom stereocenters. The fourth-order valence-corrected chi connectivity index (χ4v) is 6.55. The molecular weight excluding hydrogens is 556 g/mol. The molecule has 0 aliphatic heterocycles. The molecule has 8 heteroatoms. The summed E-state index contributed by atoms with van der Waals surface area (Å²) in [6.07, 6.45) is 6.28. The second kappa shape index (κ2) is 12.5. The summed E-state index contributed by atoms with van der Waals surface area (Å²) in [6, 6.07) is 16.9. The maximum Gasteiger partial charge on any atom is 0.255 e. The zero-order valence-electron chi connectivity index (χ0n) is 23.8. The van der Waals surface area contributed by atoms with E-state index in [4.69, 9.17) is 30.5 Å². The number of amides is 1. The Morgan fingerprint density at radius 3 is 2.73 bits per heavy atom. The summed E-state index contributed by atoms with van der Waals surface area (Å²) >= 11 is 7.90. The topological polar surface area (TPSA) is 73.1 Å². The van der Waals surface area contributed by atoms with E-state index in [0.29, 0.717) is 46.9 Å². The van der Waals surface area contributed by atoms with Gasteiger partial charge in [-0.3, -0.25) is 4.79 Å². The largest absolute Gasteiger partial charge is 0.493 e. The smallest absolute Gasteiger partial charge is 0.255 e. The third-order valence-corrected chi connectivity index (χ3v) is 9.09. The second-order valence-electron chi connectivity index (χ2n) is 11.3. The SMILES string of the molecule is COc1cc(C=Nc2sc3c(c2C(=O)NCc2ccco2)CC[C@@H](C(C)(C)C)C3)ccc1OCc1ccccc1Cl. The van der Waals surface area contributed by atoms with Gasteiger partial charge < -0.3 is 19.2 Å². The van der Waals surface area contributed by atoms with Gasteiger partial charge in [0, 0.05) is 21.7 Å². The van der Waals surface area contributed by atoms with E-state index in [1.54, 1.807) is 30.9 Å². The summed E-state index contributed by atoms with van der Waals surface area (Å²) < 4.78 is 17.0. The molecule has 214 valence electrons. The number of nitrogens with zero attached hydrogens (tertiary/aromatic N) is 1. The van der Waals surface area contributed by atoms with Crippen LogP contribution in [0.1, 0.15) is 64.9 Å². The molecule has 1 amide bonds. The van der Waals surface area contributed by atoms with Crippen molar-refractivity contribution < 1.29 is 18.7 Å². The zero-order valence-corrected chi connectivity index (χ0v) is 25.4.